The standard InChI is InChI=1S/C20H26FN3O3S2.C18H24ClFN4O2S2.C17H21Cl2FN4O2S2/c1-24(2)16-5-3-4-6-17(16)27-18-12-15(21)19(11-14(18)13-7-8-13)29(25,26)23-20-22-9-10-28-20;1-11-10-27-18(21-11)23-28(25,26)17-8-12(19)15(9-13(17)20)22-14-6-4-5-7-16(14)24(2)3;1-24(2)14-6-4-3-5-12(14)22-13-8-11(20)15(7-10(13)18)28(25,26)23-17-21-9-16(19)27-17/h9-13,16-17H,3-8H2,1-2H3,(H,22,23);8-10,14,16,22H,4-7H2,1-3H3,(H,21,23);7-9,12,14,22H,3-6H2,1-2H3,(H,21,23)/t16-,17-;14-,16-;12-,14-/m100/s1. The minimum absolute atomic E-state index is 0.0217. The van der Waals surface area contributed by atoms with Gasteiger partial charge in [-0.3, -0.25) is 14.2 Å². The Kier molecular flexibility index (Phi) is 22.7. The van der Waals surface area contributed by atoms with Gasteiger partial charge in [0.15, 0.2) is 15.4 Å². The SMILES string of the molecule is CN(C)[C@@H]1CCCC[C@H]1Oc1cc(F)c(S(=O)(=O)Nc2nccs2)cc1C1CC1.CN(C)[C@H]1CCCC[C@@H]1Nc1cc(F)c(S(=O)(=O)Nc2ncc(Cl)s2)cc1Cl.Cc1csc(NS(=O)(=O)c2cc(Cl)c(N[C@H]3CCCC[C@@H]3N(C)C)cc2F)n1. The van der Waals surface area contributed by atoms with Gasteiger partial charge in [0.1, 0.15) is 48.3 Å². The van der Waals surface area contributed by atoms with Crippen LogP contribution < -0.4 is 29.5 Å². The second-order valence-electron chi connectivity index (χ2n) is 22.1. The molecule has 18 nitrogen and oxygen atoms in total. The number of hydrogen-bond donors (Lipinski definition) is 5. The molecule has 6 aromatic rings. The monoisotopic (exact) mass is 1350 g/mol. The molecule has 0 unspecified atom stereocenters. The molecule has 0 saturated heterocycles. The lowest BCUT2D eigenvalue weighted by atomic mass is 9.89. The Hall–Kier alpha value is -4.26. The van der Waals surface area contributed by atoms with E-state index in [1.165, 1.54) is 24.5 Å². The Morgan fingerprint density at radius 1 is 0.565 bits per heavy atom. The molecule has 4 fully saturated rings. The zero-order chi connectivity index (χ0) is 61.5. The zero-order valence-corrected chi connectivity index (χ0v) is 55.1. The minimum atomic E-state index is -4.18. The van der Waals surface area contributed by atoms with Gasteiger partial charge in [0, 0.05) is 53.2 Å². The van der Waals surface area contributed by atoms with E-state index in [0.29, 0.717) is 39.2 Å². The summed E-state index contributed by atoms with van der Waals surface area (Å²) in [4.78, 5) is 16.9. The molecule has 85 heavy (non-hydrogen) atoms. The molecule has 6 atom stereocenters. The number of halogens is 6. The van der Waals surface area contributed by atoms with Gasteiger partial charge >= 0.3 is 0 Å². The van der Waals surface area contributed by atoms with Crippen LogP contribution in [0.25, 0.3) is 0 Å². The summed E-state index contributed by atoms with van der Waals surface area (Å²) in [6.45, 7) is 1.75. The molecule has 0 bridgehead atoms. The van der Waals surface area contributed by atoms with Crippen LogP contribution in [0.1, 0.15) is 107 Å². The smallest absolute Gasteiger partial charge is 0.266 e. The van der Waals surface area contributed by atoms with E-state index in [9.17, 15) is 38.4 Å². The van der Waals surface area contributed by atoms with E-state index in [-0.39, 0.29) is 60.5 Å². The summed E-state index contributed by atoms with van der Waals surface area (Å²) in [5.41, 5.74) is 2.26. The highest BCUT2D eigenvalue weighted by Gasteiger charge is 2.36. The van der Waals surface area contributed by atoms with Crippen LogP contribution in [0.3, 0.4) is 0 Å². The lowest BCUT2D eigenvalue weighted by Gasteiger charge is -2.37. The molecule has 3 aromatic heterocycles. The van der Waals surface area contributed by atoms with Gasteiger partial charge in [0.05, 0.1) is 33.3 Å². The van der Waals surface area contributed by atoms with Crippen LogP contribution in [0, 0.1) is 24.4 Å². The van der Waals surface area contributed by atoms with Crippen LogP contribution in [0.4, 0.5) is 39.9 Å². The van der Waals surface area contributed by atoms with Crippen molar-refractivity contribution < 1.29 is 43.2 Å². The number of sulfonamides is 3. The lowest BCUT2D eigenvalue weighted by molar-refractivity contribution is 0.0612. The van der Waals surface area contributed by atoms with Gasteiger partial charge in [-0.05, 0) is 149 Å². The average Bonchev–Trinajstić information content (AvgIpc) is 2.34. The summed E-state index contributed by atoms with van der Waals surface area (Å²) in [6.07, 6.45) is 17.4. The number of rotatable bonds is 19. The van der Waals surface area contributed by atoms with Gasteiger partial charge in [0.2, 0.25) is 0 Å². The molecule has 0 amide bonds. The van der Waals surface area contributed by atoms with Crippen LogP contribution in [0.15, 0.2) is 74.2 Å². The van der Waals surface area contributed by atoms with Gasteiger partial charge in [-0.1, -0.05) is 78.2 Å². The third-order valence-corrected chi connectivity index (χ3v) is 22.9. The first kappa shape index (κ1) is 66.7. The van der Waals surface area contributed by atoms with Crippen molar-refractivity contribution >= 4 is 126 Å². The number of likely N-dealkylation sites (N-methyl/N-ethyl adjacent to an activating group) is 3. The van der Waals surface area contributed by atoms with Crippen molar-refractivity contribution in [2.24, 2.45) is 0 Å². The van der Waals surface area contributed by atoms with Gasteiger partial charge in [-0.15, -0.1) is 22.7 Å². The maximum Gasteiger partial charge on any atom is 0.266 e. The summed E-state index contributed by atoms with van der Waals surface area (Å²) in [7, 11) is -0.222. The topological polar surface area (TPSA) is 220 Å². The molecule has 0 radical (unpaired) electrons. The number of benzene rings is 3. The highest BCUT2D eigenvalue weighted by atomic mass is 35.5. The third kappa shape index (κ3) is 17.5. The fraction of sp³-hybridized carbons (Fsp3) is 0.509. The lowest BCUT2D eigenvalue weighted by Crippen LogP contribution is -2.45. The fourth-order valence-electron chi connectivity index (χ4n) is 10.9. The molecule has 0 aliphatic heterocycles. The normalized spacial score (nSPS) is 21.1. The van der Waals surface area contributed by atoms with Crippen molar-refractivity contribution in [3.8, 4) is 5.75 Å². The van der Waals surface area contributed by atoms with Gasteiger partial charge in [-0.2, -0.15) is 0 Å². The van der Waals surface area contributed by atoms with Gasteiger partial charge in [0.25, 0.3) is 30.1 Å². The van der Waals surface area contributed by atoms with Gasteiger partial charge < -0.3 is 30.1 Å². The molecule has 3 heterocycles. The highest BCUT2D eigenvalue weighted by Crippen LogP contribution is 2.47. The molecule has 30 heteroatoms. The van der Waals surface area contributed by atoms with Crippen molar-refractivity contribution in [3.05, 3.63) is 103 Å². The third-order valence-electron chi connectivity index (χ3n) is 15.3. The molecule has 3 aromatic carbocycles. The number of ether oxygens (including phenoxy) is 1. The van der Waals surface area contributed by atoms with Crippen molar-refractivity contribution in [3.63, 3.8) is 0 Å². The fourth-order valence-corrected chi connectivity index (χ4v) is 17.5. The van der Waals surface area contributed by atoms with Crippen LogP contribution >= 0.6 is 68.8 Å². The van der Waals surface area contributed by atoms with Gasteiger partial charge in [-0.25, -0.2) is 53.4 Å². The number of nitrogens with zero attached hydrogens (tertiary/aromatic N) is 6. The number of aryl methyl sites for hydroxylation is 1. The Labute approximate surface area is 523 Å². The van der Waals surface area contributed by atoms with Crippen LogP contribution in [-0.4, -0.2) is 134 Å². The number of hydrogen-bond acceptors (Lipinski definition) is 18. The first-order chi connectivity index (χ1) is 40.2. The largest absolute Gasteiger partial charge is 0.488 e. The highest BCUT2D eigenvalue weighted by molar-refractivity contribution is 7.93. The predicted octanol–water partition coefficient (Wildman–Crippen LogP) is 13.2. The molecule has 4 aliphatic carbocycles. The van der Waals surface area contributed by atoms with Crippen molar-refractivity contribution in [2.75, 3.05) is 67.1 Å². The van der Waals surface area contributed by atoms with E-state index in [1.807, 2.05) is 42.3 Å². The molecule has 4 aliphatic rings. The number of aromatic nitrogens is 3. The predicted molar refractivity (Wildman–Crippen MR) is 337 cm³/mol. The Morgan fingerprint density at radius 2 is 1.04 bits per heavy atom. The van der Waals surface area contributed by atoms with E-state index < -0.39 is 57.3 Å². The molecule has 10 rings (SSSR count). The van der Waals surface area contributed by atoms with Crippen LogP contribution in [0.2, 0.25) is 14.4 Å². The van der Waals surface area contributed by atoms with Crippen molar-refractivity contribution in [1.82, 2.24) is 29.7 Å². The zero-order valence-electron chi connectivity index (χ0n) is 48.0. The Balaban J connectivity index is 0.000000166. The second kappa shape index (κ2) is 28.9. The molecule has 5 N–H and O–H groups in total. The van der Waals surface area contributed by atoms with Crippen molar-refractivity contribution in [1.29, 1.82) is 0 Å². The Bertz CT molecular complexity index is 3450. The van der Waals surface area contributed by atoms with E-state index in [4.69, 9.17) is 39.5 Å². The van der Waals surface area contributed by atoms with Crippen molar-refractivity contribution in [2.45, 2.75) is 154 Å². The van der Waals surface area contributed by atoms with E-state index in [2.05, 4.69) is 54.5 Å². The molecule has 0 spiro atoms. The maximum atomic E-state index is 14.9. The summed E-state index contributed by atoms with van der Waals surface area (Å²) in [5.74, 6) is -1.84. The number of nitrogens with one attached hydrogen (secondary N) is 5. The molecular formula is C55H71Cl3F3N11O7S6. The summed E-state index contributed by atoms with van der Waals surface area (Å²) in [5, 5.41) is 10.7. The first-order valence-corrected chi connectivity index (χ1v) is 35.9. The van der Waals surface area contributed by atoms with E-state index in [0.717, 1.165) is 154 Å². The molecule has 4 saturated carbocycles. The average molecular weight is 1350 g/mol. The first-order valence-electron chi connectivity index (χ1n) is 27.7. The summed E-state index contributed by atoms with van der Waals surface area (Å²) < 4.78 is 133. The minimum Gasteiger partial charge on any atom is -0.488 e. The number of anilines is 5. The maximum absolute atomic E-state index is 14.9. The summed E-state index contributed by atoms with van der Waals surface area (Å²) in [6, 6.07) is 8.38. The second-order valence-corrected chi connectivity index (χ2v) is 31.3. The summed E-state index contributed by atoms with van der Waals surface area (Å²) >= 11 is 21.6. The van der Waals surface area contributed by atoms with E-state index >= 15 is 0 Å². The van der Waals surface area contributed by atoms with E-state index in [1.54, 1.807) is 17.7 Å². The molecule has 466 valence electrons. The van der Waals surface area contributed by atoms with Crippen LogP contribution in [-0.2, 0) is 30.1 Å². The molecular weight excluding hydrogens is 1280 g/mol. The van der Waals surface area contributed by atoms with Crippen LogP contribution in [0.5, 0.6) is 5.75 Å². The Morgan fingerprint density at radius 3 is 1.49 bits per heavy atom. The number of thiazole rings is 3. The quantitative estimate of drug-likeness (QED) is 0.0509.